The Morgan fingerprint density at radius 2 is 2.43 bits per heavy atom. The van der Waals surface area contributed by atoms with Crippen molar-refractivity contribution in [2.75, 3.05) is 5.33 Å². The molecule has 0 radical (unpaired) electrons. The van der Waals surface area contributed by atoms with E-state index in [0.717, 1.165) is 28.4 Å². The van der Waals surface area contributed by atoms with Crippen LogP contribution in [-0.2, 0) is 4.74 Å². The summed E-state index contributed by atoms with van der Waals surface area (Å²) in [7, 11) is 0. The molecule has 2 nitrogen and oxygen atoms in total. The molecule has 78 valence electrons. The molecule has 2 heterocycles. The van der Waals surface area contributed by atoms with Gasteiger partial charge in [0.15, 0.2) is 0 Å². The van der Waals surface area contributed by atoms with Crippen LogP contribution in [0.5, 0.6) is 0 Å². The minimum absolute atomic E-state index is 0.0447. The maximum atomic E-state index is 5.95. The van der Waals surface area contributed by atoms with Crippen molar-refractivity contribution in [1.82, 2.24) is 0 Å². The van der Waals surface area contributed by atoms with E-state index in [-0.39, 0.29) is 11.7 Å². The second-order valence-electron chi connectivity index (χ2n) is 3.86. The van der Waals surface area contributed by atoms with Crippen LogP contribution in [0.3, 0.4) is 0 Å². The van der Waals surface area contributed by atoms with Gasteiger partial charge < -0.3 is 9.15 Å². The van der Waals surface area contributed by atoms with Crippen molar-refractivity contribution in [2.45, 2.75) is 31.5 Å². The Morgan fingerprint density at radius 1 is 1.64 bits per heavy atom. The standard InChI is InChI=1S/C10H12Br2O2/c1-10(6-11)4-2-8(14-10)9-7(12)3-5-13-9/h3,5,8H,2,4,6H2,1H3. The van der Waals surface area contributed by atoms with E-state index >= 15 is 0 Å². The average Bonchev–Trinajstić information content (AvgIpc) is 2.73. The molecule has 0 spiro atoms. The van der Waals surface area contributed by atoms with Gasteiger partial charge >= 0.3 is 0 Å². The number of halogens is 2. The highest BCUT2D eigenvalue weighted by molar-refractivity contribution is 9.10. The van der Waals surface area contributed by atoms with Crippen LogP contribution >= 0.6 is 31.9 Å². The van der Waals surface area contributed by atoms with E-state index in [0.29, 0.717) is 0 Å². The first kappa shape index (κ1) is 10.7. The number of hydrogen-bond acceptors (Lipinski definition) is 2. The van der Waals surface area contributed by atoms with Crippen LogP contribution in [0.2, 0.25) is 0 Å². The minimum Gasteiger partial charge on any atom is -0.465 e. The third-order valence-electron chi connectivity index (χ3n) is 2.58. The first-order valence-corrected chi connectivity index (χ1v) is 6.53. The fourth-order valence-corrected chi connectivity index (χ4v) is 2.59. The van der Waals surface area contributed by atoms with E-state index in [9.17, 15) is 0 Å². The van der Waals surface area contributed by atoms with E-state index in [1.807, 2.05) is 6.07 Å². The molecule has 1 aliphatic rings. The minimum atomic E-state index is -0.0447. The van der Waals surface area contributed by atoms with Crippen LogP contribution in [0.15, 0.2) is 21.2 Å². The average molecular weight is 324 g/mol. The van der Waals surface area contributed by atoms with Gasteiger partial charge in [0, 0.05) is 5.33 Å². The van der Waals surface area contributed by atoms with Crippen LogP contribution in [0, 0.1) is 0 Å². The van der Waals surface area contributed by atoms with Gasteiger partial charge in [-0.3, -0.25) is 0 Å². The zero-order chi connectivity index (χ0) is 10.2. The molecule has 1 aromatic rings. The van der Waals surface area contributed by atoms with E-state index in [1.54, 1.807) is 6.26 Å². The molecule has 0 saturated carbocycles. The van der Waals surface area contributed by atoms with Gasteiger partial charge in [-0.25, -0.2) is 0 Å². The van der Waals surface area contributed by atoms with Crippen LogP contribution in [0.1, 0.15) is 31.6 Å². The van der Waals surface area contributed by atoms with Gasteiger partial charge in [0.2, 0.25) is 0 Å². The van der Waals surface area contributed by atoms with Gasteiger partial charge in [0.25, 0.3) is 0 Å². The molecular weight excluding hydrogens is 312 g/mol. The lowest BCUT2D eigenvalue weighted by Gasteiger charge is -2.21. The van der Waals surface area contributed by atoms with Crippen molar-refractivity contribution in [2.24, 2.45) is 0 Å². The molecule has 0 bridgehead atoms. The first-order chi connectivity index (χ1) is 6.64. The predicted molar refractivity (Wildman–Crippen MR) is 61.7 cm³/mol. The summed E-state index contributed by atoms with van der Waals surface area (Å²) in [5.41, 5.74) is -0.0447. The smallest absolute Gasteiger partial charge is 0.146 e. The monoisotopic (exact) mass is 322 g/mol. The molecule has 1 saturated heterocycles. The summed E-state index contributed by atoms with van der Waals surface area (Å²) in [5, 5.41) is 0.870. The Bertz CT molecular complexity index is 324. The zero-order valence-corrected chi connectivity index (χ0v) is 11.1. The fraction of sp³-hybridized carbons (Fsp3) is 0.600. The maximum absolute atomic E-state index is 5.95. The van der Waals surface area contributed by atoms with Gasteiger partial charge in [-0.15, -0.1) is 0 Å². The van der Waals surface area contributed by atoms with Crippen molar-refractivity contribution >= 4 is 31.9 Å². The van der Waals surface area contributed by atoms with Gasteiger partial charge in [0.05, 0.1) is 16.3 Å². The SMILES string of the molecule is CC1(CBr)CCC(c2occc2Br)O1. The molecule has 0 aromatic carbocycles. The second-order valence-corrected chi connectivity index (χ2v) is 5.28. The molecule has 0 aliphatic carbocycles. The normalized spacial score (nSPS) is 32.4. The molecule has 1 aromatic heterocycles. The lowest BCUT2D eigenvalue weighted by molar-refractivity contribution is -0.0213. The third-order valence-corrected chi connectivity index (χ3v) is 4.42. The highest BCUT2D eigenvalue weighted by Gasteiger charge is 2.37. The summed E-state index contributed by atoms with van der Waals surface area (Å²) < 4.78 is 12.4. The number of rotatable bonds is 2. The Hall–Kier alpha value is 0.200. The molecule has 1 aliphatic heterocycles. The summed E-state index contributed by atoms with van der Waals surface area (Å²) >= 11 is 6.92. The Balaban J connectivity index is 2.13. The molecule has 2 unspecified atom stereocenters. The highest BCUT2D eigenvalue weighted by atomic mass is 79.9. The molecule has 2 rings (SSSR count). The number of alkyl halides is 1. The Morgan fingerprint density at radius 3 is 2.93 bits per heavy atom. The molecule has 1 fully saturated rings. The van der Waals surface area contributed by atoms with Gasteiger partial charge in [-0.2, -0.15) is 0 Å². The lowest BCUT2D eigenvalue weighted by Crippen LogP contribution is -2.24. The Kier molecular flexibility index (Phi) is 3.05. The number of ether oxygens (including phenoxy) is 1. The zero-order valence-electron chi connectivity index (χ0n) is 7.93. The lowest BCUT2D eigenvalue weighted by atomic mass is 10.1. The number of furan rings is 1. The fourth-order valence-electron chi connectivity index (χ4n) is 1.72. The third kappa shape index (κ3) is 1.92. The molecule has 14 heavy (non-hydrogen) atoms. The van der Waals surface area contributed by atoms with Crippen molar-refractivity contribution in [3.8, 4) is 0 Å². The molecular formula is C10H12Br2O2. The van der Waals surface area contributed by atoms with Crippen LogP contribution in [-0.4, -0.2) is 10.9 Å². The van der Waals surface area contributed by atoms with Crippen molar-refractivity contribution in [1.29, 1.82) is 0 Å². The summed E-state index contributed by atoms with van der Waals surface area (Å²) in [6.45, 7) is 2.12. The van der Waals surface area contributed by atoms with Crippen molar-refractivity contribution < 1.29 is 9.15 Å². The summed E-state index contributed by atoms with van der Waals surface area (Å²) in [5.74, 6) is 0.912. The van der Waals surface area contributed by atoms with Crippen molar-refractivity contribution in [3.05, 3.63) is 22.6 Å². The molecule has 2 atom stereocenters. The van der Waals surface area contributed by atoms with Gasteiger partial charge in [-0.1, -0.05) is 15.9 Å². The van der Waals surface area contributed by atoms with Gasteiger partial charge in [0.1, 0.15) is 11.9 Å². The van der Waals surface area contributed by atoms with E-state index in [4.69, 9.17) is 9.15 Å². The molecule has 4 heteroatoms. The van der Waals surface area contributed by atoms with E-state index in [1.165, 1.54) is 0 Å². The topological polar surface area (TPSA) is 22.4 Å². The predicted octanol–water partition coefficient (Wildman–Crippen LogP) is 4.05. The highest BCUT2D eigenvalue weighted by Crippen LogP contribution is 2.42. The first-order valence-electron chi connectivity index (χ1n) is 4.61. The second kappa shape index (κ2) is 3.99. The van der Waals surface area contributed by atoms with E-state index in [2.05, 4.69) is 38.8 Å². The summed E-state index contributed by atoms with van der Waals surface area (Å²) in [6.07, 6.45) is 3.87. The van der Waals surface area contributed by atoms with Gasteiger partial charge in [-0.05, 0) is 41.8 Å². The summed E-state index contributed by atoms with van der Waals surface area (Å²) in [4.78, 5) is 0. The van der Waals surface area contributed by atoms with E-state index < -0.39 is 0 Å². The number of hydrogen-bond donors (Lipinski definition) is 0. The molecule has 0 amide bonds. The largest absolute Gasteiger partial charge is 0.465 e. The molecule has 0 N–H and O–H groups in total. The maximum Gasteiger partial charge on any atom is 0.146 e. The van der Waals surface area contributed by atoms with Crippen LogP contribution in [0.25, 0.3) is 0 Å². The quantitative estimate of drug-likeness (QED) is 0.766. The van der Waals surface area contributed by atoms with Crippen molar-refractivity contribution in [3.63, 3.8) is 0 Å². The van der Waals surface area contributed by atoms with Crippen LogP contribution < -0.4 is 0 Å². The summed E-state index contributed by atoms with van der Waals surface area (Å²) in [6, 6.07) is 1.91. The Labute approximate surface area is 100 Å². The van der Waals surface area contributed by atoms with Crippen LogP contribution in [0.4, 0.5) is 0 Å².